The van der Waals surface area contributed by atoms with Gasteiger partial charge < -0.3 is 19.0 Å². The SMILES string of the molecule is CCOC(=O)Cn1c(-c2cccc(-c3cc4c(C(=O)NC)c(-c5ccc(F)cc5)oc4cc3NS(=O)(=O)CC)c2)cc2ccccc21. The van der Waals surface area contributed by atoms with Gasteiger partial charge in [0, 0.05) is 46.2 Å². The number of sulfonamides is 1. The third kappa shape index (κ3) is 6.22. The number of benzene rings is 4. The summed E-state index contributed by atoms with van der Waals surface area (Å²) in [6.07, 6.45) is 0. The molecule has 0 spiro atoms. The Kier molecular flexibility index (Phi) is 8.57. The Morgan fingerprint density at radius 3 is 2.36 bits per heavy atom. The van der Waals surface area contributed by atoms with Crippen molar-refractivity contribution in [2.75, 3.05) is 24.1 Å². The van der Waals surface area contributed by atoms with Gasteiger partial charge in [-0.05, 0) is 73.5 Å². The van der Waals surface area contributed by atoms with E-state index < -0.39 is 21.7 Å². The van der Waals surface area contributed by atoms with Crippen LogP contribution in [0.2, 0.25) is 0 Å². The Morgan fingerprint density at radius 1 is 0.894 bits per heavy atom. The maximum atomic E-state index is 13.8. The molecule has 11 heteroatoms. The van der Waals surface area contributed by atoms with Gasteiger partial charge in [0.1, 0.15) is 23.7 Å². The Morgan fingerprint density at radius 2 is 1.64 bits per heavy atom. The molecule has 0 saturated carbocycles. The van der Waals surface area contributed by atoms with Gasteiger partial charge in [0.25, 0.3) is 5.91 Å². The highest BCUT2D eigenvalue weighted by molar-refractivity contribution is 7.92. The van der Waals surface area contributed by atoms with Crippen molar-refractivity contribution in [1.82, 2.24) is 9.88 Å². The summed E-state index contributed by atoms with van der Waals surface area (Å²) in [5, 5.41) is 4.04. The molecule has 0 saturated heterocycles. The zero-order valence-electron chi connectivity index (χ0n) is 26.0. The molecule has 0 aliphatic carbocycles. The number of halogens is 1. The molecular formula is C36H32FN3O6S. The third-order valence-electron chi connectivity index (χ3n) is 7.91. The topological polar surface area (TPSA) is 120 Å². The molecule has 0 bridgehead atoms. The van der Waals surface area contributed by atoms with Crippen LogP contribution in [0.15, 0.2) is 95.4 Å². The lowest BCUT2D eigenvalue weighted by Crippen LogP contribution is -2.18. The number of carbonyl (C=O) groups is 2. The van der Waals surface area contributed by atoms with Crippen LogP contribution >= 0.6 is 0 Å². The number of ether oxygens (including phenoxy) is 1. The summed E-state index contributed by atoms with van der Waals surface area (Å²) in [6.45, 7) is 3.56. The van der Waals surface area contributed by atoms with Crippen LogP contribution in [-0.2, 0) is 26.1 Å². The van der Waals surface area contributed by atoms with Gasteiger partial charge in [-0.25, -0.2) is 12.8 Å². The molecule has 1 amide bonds. The van der Waals surface area contributed by atoms with E-state index in [0.717, 1.165) is 22.2 Å². The Bertz CT molecular complexity index is 2250. The van der Waals surface area contributed by atoms with Crippen molar-refractivity contribution in [3.8, 4) is 33.7 Å². The monoisotopic (exact) mass is 653 g/mol. The molecule has 0 radical (unpaired) electrons. The molecule has 0 aliphatic heterocycles. The fraction of sp³-hybridized carbons (Fsp3) is 0.167. The van der Waals surface area contributed by atoms with Gasteiger partial charge in [-0.3, -0.25) is 14.3 Å². The van der Waals surface area contributed by atoms with E-state index in [2.05, 4.69) is 10.0 Å². The van der Waals surface area contributed by atoms with Gasteiger partial charge in [-0.1, -0.05) is 36.4 Å². The highest BCUT2D eigenvalue weighted by atomic mass is 32.2. The number of anilines is 1. The van der Waals surface area contributed by atoms with Crippen LogP contribution in [0.5, 0.6) is 0 Å². The van der Waals surface area contributed by atoms with Crippen molar-refractivity contribution >= 4 is 49.5 Å². The summed E-state index contributed by atoms with van der Waals surface area (Å²) in [6, 6.07) is 26.1. The fourth-order valence-electron chi connectivity index (χ4n) is 5.66. The average Bonchev–Trinajstić information content (AvgIpc) is 3.62. The van der Waals surface area contributed by atoms with Crippen molar-refractivity contribution in [1.29, 1.82) is 0 Å². The Hall–Kier alpha value is -5.42. The maximum absolute atomic E-state index is 13.8. The Labute approximate surface area is 271 Å². The number of nitrogens with one attached hydrogen (secondary N) is 2. The number of para-hydroxylation sites is 1. The molecule has 0 atom stereocenters. The van der Waals surface area contributed by atoms with E-state index in [0.29, 0.717) is 22.1 Å². The fourth-order valence-corrected chi connectivity index (χ4v) is 6.31. The molecule has 6 rings (SSSR count). The van der Waals surface area contributed by atoms with E-state index in [4.69, 9.17) is 9.15 Å². The number of carbonyl (C=O) groups excluding carboxylic acids is 2. The molecule has 47 heavy (non-hydrogen) atoms. The quantitative estimate of drug-likeness (QED) is 0.151. The average molecular weight is 654 g/mol. The van der Waals surface area contributed by atoms with Crippen LogP contribution < -0.4 is 10.0 Å². The molecule has 2 aromatic heterocycles. The summed E-state index contributed by atoms with van der Waals surface area (Å²) >= 11 is 0. The van der Waals surface area contributed by atoms with Crippen molar-refractivity contribution in [3.05, 3.63) is 102 Å². The number of esters is 1. The first-order valence-electron chi connectivity index (χ1n) is 15.1. The van der Waals surface area contributed by atoms with Crippen molar-refractivity contribution in [2.45, 2.75) is 20.4 Å². The largest absolute Gasteiger partial charge is 0.465 e. The van der Waals surface area contributed by atoms with Crippen LogP contribution in [0.1, 0.15) is 24.2 Å². The standard InChI is InChI=1S/C36H32FN3O6S/c1-4-45-33(41)21-40-30-12-7-6-9-25(30)18-31(40)24-11-8-10-23(17-24)27-19-28-32(20-29(27)39-47(43,44)5-2)46-35(34(28)36(42)38-3)22-13-15-26(37)16-14-22/h6-20,39H,4-5,21H2,1-3H3,(H,38,42). The molecule has 6 aromatic rings. The van der Waals surface area contributed by atoms with Crippen molar-refractivity contribution in [3.63, 3.8) is 0 Å². The smallest absolute Gasteiger partial charge is 0.325 e. The van der Waals surface area contributed by atoms with Crippen molar-refractivity contribution in [2.24, 2.45) is 0 Å². The molecule has 0 fully saturated rings. The molecule has 9 nitrogen and oxygen atoms in total. The second kappa shape index (κ2) is 12.8. The minimum Gasteiger partial charge on any atom is -0.465 e. The predicted molar refractivity (Wildman–Crippen MR) is 181 cm³/mol. The van der Waals surface area contributed by atoms with E-state index in [-0.39, 0.29) is 47.5 Å². The number of fused-ring (bicyclic) bond motifs is 2. The summed E-state index contributed by atoms with van der Waals surface area (Å²) in [4.78, 5) is 25.9. The molecule has 2 heterocycles. The van der Waals surface area contributed by atoms with E-state index in [1.165, 1.54) is 38.2 Å². The van der Waals surface area contributed by atoms with Gasteiger partial charge >= 0.3 is 5.97 Å². The van der Waals surface area contributed by atoms with E-state index in [9.17, 15) is 22.4 Å². The molecular weight excluding hydrogens is 621 g/mol. The predicted octanol–water partition coefficient (Wildman–Crippen LogP) is 7.21. The normalized spacial score (nSPS) is 11.6. The zero-order chi connectivity index (χ0) is 33.3. The first-order chi connectivity index (χ1) is 22.6. The number of rotatable bonds is 10. The number of amides is 1. The number of aromatic nitrogens is 1. The molecule has 4 aromatic carbocycles. The van der Waals surface area contributed by atoms with Crippen LogP contribution in [0, 0.1) is 5.82 Å². The lowest BCUT2D eigenvalue weighted by atomic mass is 9.97. The minimum atomic E-state index is -3.73. The number of nitrogens with zero attached hydrogens (tertiary/aromatic N) is 1. The third-order valence-corrected chi connectivity index (χ3v) is 9.20. The van der Waals surface area contributed by atoms with Crippen LogP contribution in [-0.4, -0.2) is 44.3 Å². The van der Waals surface area contributed by atoms with Gasteiger partial charge in [-0.15, -0.1) is 0 Å². The van der Waals surface area contributed by atoms with Gasteiger partial charge in [0.05, 0.1) is 23.6 Å². The zero-order valence-corrected chi connectivity index (χ0v) is 26.8. The van der Waals surface area contributed by atoms with Crippen LogP contribution in [0.3, 0.4) is 0 Å². The van der Waals surface area contributed by atoms with E-state index in [1.54, 1.807) is 19.1 Å². The van der Waals surface area contributed by atoms with Gasteiger partial charge in [0.15, 0.2) is 0 Å². The second-order valence-electron chi connectivity index (χ2n) is 10.9. The summed E-state index contributed by atoms with van der Waals surface area (Å²) < 4.78 is 55.5. The van der Waals surface area contributed by atoms with Crippen LogP contribution in [0.4, 0.5) is 10.1 Å². The summed E-state index contributed by atoms with van der Waals surface area (Å²) in [5.74, 6) is -1.18. The lowest BCUT2D eigenvalue weighted by molar-refractivity contribution is -0.143. The number of hydrogen-bond donors (Lipinski definition) is 2. The summed E-state index contributed by atoms with van der Waals surface area (Å²) in [7, 11) is -2.23. The van der Waals surface area contributed by atoms with E-state index in [1.807, 2.05) is 59.2 Å². The number of hydrogen-bond acceptors (Lipinski definition) is 6. The Balaban J connectivity index is 1.57. The van der Waals surface area contributed by atoms with Crippen LogP contribution in [0.25, 0.3) is 55.6 Å². The molecule has 0 aliphatic rings. The lowest BCUT2D eigenvalue weighted by Gasteiger charge is -2.15. The van der Waals surface area contributed by atoms with Gasteiger partial charge in [-0.2, -0.15) is 0 Å². The number of furan rings is 1. The molecule has 240 valence electrons. The molecule has 2 N–H and O–H groups in total. The van der Waals surface area contributed by atoms with E-state index >= 15 is 0 Å². The highest BCUT2D eigenvalue weighted by Crippen LogP contribution is 2.41. The summed E-state index contributed by atoms with van der Waals surface area (Å²) in [5.41, 5.74) is 4.79. The van der Waals surface area contributed by atoms with Crippen molar-refractivity contribution < 1.29 is 31.6 Å². The maximum Gasteiger partial charge on any atom is 0.325 e. The minimum absolute atomic E-state index is 0.00505. The highest BCUT2D eigenvalue weighted by Gasteiger charge is 2.25. The van der Waals surface area contributed by atoms with Gasteiger partial charge in [0.2, 0.25) is 10.0 Å². The second-order valence-corrected chi connectivity index (χ2v) is 12.9. The molecule has 0 unspecified atom stereocenters. The first-order valence-corrected chi connectivity index (χ1v) is 16.7. The first kappa shape index (κ1) is 31.6.